The van der Waals surface area contributed by atoms with Gasteiger partial charge in [-0.3, -0.25) is 9.59 Å². The summed E-state index contributed by atoms with van der Waals surface area (Å²) in [6, 6.07) is 0. The minimum Gasteiger partial charge on any atom is -0.481 e. The van der Waals surface area contributed by atoms with Crippen molar-refractivity contribution in [2.75, 3.05) is 18.1 Å². The van der Waals surface area contributed by atoms with Gasteiger partial charge in [0.25, 0.3) is 0 Å². The molecule has 0 saturated carbocycles. The summed E-state index contributed by atoms with van der Waals surface area (Å²) in [7, 11) is 0. The van der Waals surface area contributed by atoms with E-state index >= 15 is 0 Å². The van der Waals surface area contributed by atoms with Crippen LogP contribution in [0, 0.1) is 0 Å². The first-order valence-corrected chi connectivity index (χ1v) is 7.63. The lowest BCUT2D eigenvalue weighted by Crippen LogP contribution is -2.04. The summed E-state index contributed by atoms with van der Waals surface area (Å²) >= 11 is 15.3. The van der Waals surface area contributed by atoms with Gasteiger partial charge in [0.05, 0.1) is 19.4 Å². The molecule has 3 N–H and O–H groups in total. The molecule has 0 spiro atoms. The lowest BCUT2D eigenvalue weighted by molar-refractivity contribution is -0.137. The van der Waals surface area contributed by atoms with Crippen molar-refractivity contribution in [2.24, 2.45) is 0 Å². The predicted molar refractivity (Wildman–Crippen MR) is 90.5 cm³/mol. The van der Waals surface area contributed by atoms with Gasteiger partial charge in [-0.1, -0.05) is 6.92 Å². The van der Waals surface area contributed by atoms with Gasteiger partial charge in [-0.05, 0) is 0 Å². The Morgan fingerprint density at radius 3 is 1.58 bits per heavy atom. The zero-order chi connectivity index (χ0) is 15.8. The number of thiol groups is 4. The number of aliphatic hydroxyl groups excluding tert-OH is 1. The molecule has 2 unspecified atom stereocenters. The van der Waals surface area contributed by atoms with Gasteiger partial charge in [-0.15, -0.1) is 0 Å². The quantitative estimate of drug-likeness (QED) is 0.367. The van der Waals surface area contributed by atoms with Gasteiger partial charge in [-0.2, -0.15) is 50.5 Å². The van der Waals surface area contributed by atoms with Gasteiger partial charge in [0.15, 0.2) is 0 Å². The highest BCUT2D eigenvalue weighted by Crippen LogP contribution is 1.96. The van der Waals surface area contributed by atoms with E-state index < -0.39 is 11.9 Å². The molecular formula is C10H22O5S4. The van der Waals surface area contributed by atoms with Crippen molar-refractivity contribution < 1.29 is 24.9 Å². The first-order valence-electron chi connectivity index (χ1n) is 5.33. The molecule has 19 heavy (non-hydrogen) atoms. The predicted octanol–water partition coefficient (Wildman–Crippen LogP) is 1.38. The maximum Gasteiger partial charge on any atom is 0.304 e. The number of hydrogen-bond donors (Lipinski definition) is 7. The van der Waals surface area contributed by atoms with E-state index in [-0.39, 0.29) is 29.9 Å². The fourth-order valence-electron chi connectivity index (χ4n) is 0.406. The summed E-state index contributed by atoms with van der Waals surface area (Å²) < 4.78 is 0. The van der Waals surface area contributed by atoms with Crippen molar-refractivity contribution in [3.8, 4) is 0 Å². The van der Waals surface area contributed by atoms with E-state index in [1.165, 1.54) is 0 Å². The van der Waals surface area contributed by atoms with E-state index in [1.54, 1.807) is 6.92 Å². The Hall–Kier alpha value is 0.300. The Labute approximate surface area is 135 Å². The van der Waals surface area contributed by atoms with Crippen LogP contribution in [-0.4, -0.2) is 55.9 Å². The van der Waals surface area contributed by atoms with Crippen molar-refractivity contribution in [3.63, 3.8) is 0 Å². The summed E-state index contributed by atoms with van der Waals surface area (Å²) in [5, 5.41) is 24.1. The van der Waals surface area contributed by atoms with Crippen LogP contribution in [0.15, 0.2) is 0 Å². The monoisotopic (exact) mass is 350 g/mol. The molecule has 0 aliphatic rings. The molecule has 0 fully saturated rings. The molecule has 0 aromatic rings. The van der Waals surface area contributed by atoms with Crippen molar-refractivity contribution in [3.05, 3.63) is 0 Å². The highest BCUT2D eigenvalue weighted by Gasteiger charge is 1.99. The van der Waals surface area contributed by atoms with Crippen LogP contribution >= 0.6 is 50.5 Å². The van der Waals surface area contributed by atoms with E-state index in [0.29, 0.717) is 11.5 Å². The fraction of sp³-hybridized carbons (Fsp3) is 0.800. The third kappa shape index (κ3) is 38.1. The van der Waals surface area contributed by atoms with E-state index in [4.69, 9.17) is 15.3 Å². The number of aliphatic carboxylic acids is 2. The molecule has 2 atom stereocenters. The summed E-state index contributed by atoms with van der Waals surface area (Å²) in [4.78, 5) is 19.3. The highest BCUT2D eigenvalue weighted by molar-refractivity contribution is 7.84. The maximum absolute atomic E-state index is 9.76. The highest BCUT2D eigenvalue weighted by atomic mass is 32.1. The van der Waals surface area contributed by atoms with E-state index in [9.17, 15) is 9.59 Å². The SMILES string of the molecule is CC(S)CC(=O)O.O=C(O)CCS.OCC(S)CS. The van der Waals surface area contributed by atoms with Crippen LogP contribution in [0.1, 0.15) is 19.8 Å². The topological polar surface area (TPSA) is 94.8 Å². The first-order chi connectivity index (χ1) is 8.70. The molecule has 116 valence electrons. The van der Waals surface area contributed by atoms with Crippen LogP contribution in [0.4, 0.5) is 0 Å². The van der Waals surface area contributed by atoms with Crippen LogP contribution in [0.5, 0.6) is 0 Å². The second-order valence-electron chi connectivity index (χ2n) is 3.33. The van der Waals surface area contributed by atoms with Gasteiger partial charge < -0.3 is 15.3 Å². The van der Waals surface area contributed by atoms with Crippen molar-refractivity contribution in [1.29, 1.82) is 0 Å². The maximum atomic E-state index is 9.76. The zero-order valence-electron chi connectivity index (χ0n) is 10.6. The second kappa shape index (κ2) is 18.3. The molecule has 0 amide bonds. The standard InChI is InChI=1S/C4H8O2S.C3H6O2S.C3H8OS2/c1-3(7)2-4(5)6;4-3(5)1-2-6;4-1-3(6)2-5/h3,7H,2H2,1H3,(H,5,6);6H,1-2H2,(H,4,5);3-6H,1-2H2. The largest absolute Gasteiger partial charge is 0.481 e. The summed E-state index contributed by atoms with van der Waals surface area (Å²) in [5.41, 5.74) is 0. The van der Waals surface area contributed by atoms with E-state index in [2.05, 4.69) is 50.5 Å². The molecule has 0 radical (unpaired) electrons. The molecule has 0 aliphatic carbocycles. The van der Waals surface area contributed by atoms with Crippen molar-refractivity contribution >= 4 is 62.5 Å². The van der Waals surface area contributed by atoms with Crippen LogP contribution in [-0.2, 0) is 9.59 Å². The van der Waals surface area contributed by atoms with Gasteiger partial charge >= 0.3 is 11.9 Å². The fourth-order valence-corrected chi connectivity index (χ4v) is 0.869. The smallest absolute Gasteiger partial charge is 0.304 e. The number of hydrogen-bond acceptors (Lipinski definition) is 7. The Morgan fingerprint density at radius 1 is 1.11 bits per heavy atom. The number of rotatable bonds is 6. The molecule has 0 aromatic carbocycles. The molecule has 0 saturated heterocycles. The summed E-state index contributed by atoms with van der Waals surface area (Å²) in [6.45, 7) is 1.86. The second-order valence-corrected chi connectivity index (χ2v) is 5.76. The first kappa shape index (κ1) is 24.3. The number of aliphatic hydroxyl groups is 1. The van der Waals surface area contributed by atoms with Crippen molar-refractivity contribution in [1.82, 2.24) is 0 Å². The van der Waals surface area contributed by atoms with Crippen LogP contribution in [0.25, 0.3) is 0 Å². The molecule has 0 aliphatic heterocycles. The number of carbonyl (C=O) groups is 2. The van der Waals surface area contributed by atoms with E-state index in [0.717, 1.165) is 0 Å². The van der Waals surface area contributed by atoms with Crippen LogP contribution in [0.2, 0.25) is 0 Å². The summed E-state index contributed by atoms with van der Waals surface area (Å²) in [6.07, 6.45) is 0.298. The molecule has 9 heteroatoms. The molecule has 0 heterocycles. The third-order valence-electron chi connectivity index (χ3n) is 1.22. The third-order valence-corrected chi connectivity index (χ3v) is 2.70. The number of carboxylic acid groups (broad SMARTS) is 2. The normalized spacial score (nSPS) is 12.1. The van der Waals surface area contributed by atoms with Gasteiger partial charge in [0, 0.05) is 22.0 Å². The molecule has 5 nitrogen and oxygen atoms in total. The molecular weight excluding hydrogens is 328 g/mol. The Bertz CT molecular complexity index is 222. The Morgan fingerprint density at radius 2 is 1.58 bits per heavy atom. The van der Waals surface area contributed by atoms with Crippen LogP contribution < -0.4 is 0 Å². The summed E-state index contributed by atoms with van der Waals surface area (Å²) in [5.74, 6) is -0.512. The lowest BCUT2D eigenvalue weighted by Gasteiger charge is -1.96. The Kier molecular flexibility index (Phi) is 23.4. The molecule has 0 aromatic heterocycles. The van der Waals surface area contributed by atoms with Gasteiger partial charge in [0.2, 0.25) is 0 Å². The average molecular weight is 351 g/mol. The molecule has 0 bridgehead atoms. The zero-order valence-corrected chi connectivity index (χ0v) is 14.2. The van der Waals surface area contributed by atoms with Gasteiger partial charge in [-0.25, -0.2) is 0 Å². The lowest BCUT2D eigenvalue weighted by atomic mass is 10.3. The molecule has 0 rings (SSSR count). The van der Waals surface area contributed by atoms with Crippen molar-refractivity contribution in [2.45, 2.75) is 30.3 Å². The average Bonchev–Trinajstić information content (AvgIpc) is 2.27. The minimum atomic E-state index is -0.789. The Balaban J connectivity index is -0.000000203. The van der Waals surface area contributed by atoms with Crippen LogP contribution in [0.3, 0.4) is 0 Å². The minimum absolute atomic E-state index is 0.0301. The van der Waals surface area contributed by atoms with Gasteiger partial charge in [0.1, 0.15) is 0 Å². The number of carboxylic acids is 2. The van der Waals surface area contributed by atoms with E-state index in [1.807, 2.05) is 0 Å².